The third-order valence-corrected chi connectivity index (χ3v) is 3.45. The highest BCUT2D eigenvalue weighted by atomic mass is 19.1. The predicted octanol–water partition coefficient (Wildman–Crippen LogP) is 1.58. The van der Waals surface area contributed by atoms with Gasteiger partial charge in [-0.1, -0.05) is 0 Å². The van der Waals surface area contributed by atoms with Crippen LogP contribution in [-0.2, 0) is 0 Å². The van der Waals surface area contributed by atoms with E-state index in [0.717, 1.165) is 25.0 Å². The summed E-state index contributed by atoms with van der Waals surface area (Å²) < 4.78 is 13.2. The fraction of sp³-hybridized carbons (Fsp3) is 0.462. The maximum absolute atomic E-state index is 13.2. The van der Waals surface area contributed by atoms with Crippen LogP contribution in [0.1, 0.15) is 23.2 Å². The van der Waals surface area contributed by atoms with Crippen molar-refractivity contribution in [2.45, 2.75) is 12.8 Å². The number of aliphatic hydroxyl groups is 1. The van der Waals surface area contributed by atoms with E-state index >= 15 is 0 Å². The number of halogens is 1. The van der Waals surface area contributed by atoms with Crippen LogP contribution in [-0.4, -0.2) is 40.5 Å². The molecule has 1 fully saturated rings. The van der Waals surface area contributed by atoms with E-state index < -0.39 is 16.4 Å². The number of amides is 1. The molecule has 1 aliphatic heterocycles. The van der Waals surface area contributed by atoms with Crippen molar-refractivity contribution in [2.75, 3.05) is 19.7 Å². The molecule has 1 unspecified atom stereocenters. The van der Waals surface area contributed by atoms with Crippen LogP contribution in [0.4, 0.5) is 10.1 Å². The van der Waals surface area contributed by atoms with Gasteiger partial charge in [0.15, 0.2) is 0 Å². The Bertz CT molecular complexity index is 535. The molecule has 7 heteroatoms. The normalized spacial score (nSPS) is 18.9. The number of nitro groups is 1. The van der Waals surface area contributed by atoms with E-state index in [9.17, 15) is 19.3 Å². The van der Waals surface area contributed by atoms with Crippen molar-refractivity contribution < 1.29 is 19.2 Å². The summed E-state index contributed by atoms with van der Waals surface area (Å²) >= 11 is 0. The summed E-state index contributed by atoms with van der Waals surface area (Å²) in [5.74, 6) is -1.30. The average Bonchev–Trinajstić information content (AvgIpc) is 2.46. The quantitative estimate of drug-likeness (QED) is 0.674. The number of benzene rings is 1. The predicted molar refractivity (Wildman–Crippen MR) is 68.8 cm³/mol. The van der Waals surface area contributed by atoms with E-state index in [4.69, 9.17) is 5.11 Å². The highest BCUT2D eigenvalue weighted by Gasteiger charge is 2.26. The molecule has 0 radical (unpaired) electrons. The zero-order valence-corrected chi connectivity index (χ0v) is 10.8. The van der Waals surface area contributed by atoms with Crippen LogP contribution in [0.5, 0.6) is 0 Å². The monoisotopic (exact) mass is 282 g/mol. The van der Waals surface area contributed by atoms with Crippen molar-refractivity contribution in [3.05, 3.63) is 39.7 Å². The molecule has 1 aromatic rings. The number of hydrogen-bond acceptors (Lipinski definition) is 4. The molecule has 0 spiro atoms. The zero-order valence-electron chi connectivity index (χ0n) is 10.8. The second-order valence-corrected chi connectivity index (χ2v) is 4.87. The highest BCUT2D eigenvalue weighted by molar-refractivity contribution is 5.94. The van der Waals surface area contributed by atoms with Crippen LogP contribution >= 0.6 is 0 Å². The lowest BCUT2D eigenvalue weighted by Gasteiger charge is -2.31. The van der Waals surface area contributed by atoms with Crippen molar-refractivity contribution in [2.24, 2.45) is 5.92 Å². The summed E-state index contributed by atoms with van der Waals surface area (Å²) in [7, 11) is 0. The number of rotatable bonds is 3. The Hall–Kier alpha value is -2.02. The standard InChI is InChI=1S/C13H15FN2O4/c14-11-4-3-10(6-12(11)16(19)20)13(18)15-5-1-2-9(7-15)8-17/h3-4,6,9,17H,1-2,5,7-8H2. The van der Waals surface area contributed by atoms with Gasteiger partial charge in [-0.05, 0) is 30.9 Å². The van der Waals surface area contributed by atoms with E-state index in [2.05, 4.69) is 0 Å². The Kier molecular flexibility index (Phi) is 4.29. The molecule has 1 aromatic carbocycles. The Morgan fingerprint density at radius 2 is 2.30 bits per heavy atom. The van der Waals surface area contributed by atoms with Crippen molar-refractivity contribution in [3.63, 3.8) is 0 Å². The van der Waals surface area contributed by atoms with E-state index in [1.54, 1.807) is 4.90 Å². The minimum atomic E-state index is -0.960. The average molecular weight is 282 g/mol. The molecule has 1 aliphatic rings. The fourth-order valence-corrected chi connectivity index (χ4v) is 2.37. The molecule has 108 valence electrons. The summed E-state index contributed by atoms with van der Waals surface area (Å²) in [6.45, 7) is 0.967. The van der Waals surface area contributed by atoms with Crippen molar-refractivity contribution in [1.82, 2.24) is 4.90 Å². The van der Waals surface area contributed by atoms with Crippen LogP contribution in [0, 0.1) is 21.8 Å². The Morgan fingerprint density at radius 1 is 1.55 bits per heavy atom. The minimum absolute atomic E-state index is 0.00729. The number of nitrogens with zero attached hydrogens (tertiary/aromatic N) is 2. The van der Waals surface area contributed by atoms with E-state index in [0.29, 0.717) is 13.1 Å². The van der Waals surface area contributed by atoms with E-state index in [1.807, 2.05) is 0 Å². The summed E-state index contributed by atoms with van der Waals surface area (Å²) in [6, 6.07) is 3.13. The van der Waals surface area contributed by atoms with Crippen molar-refractivity contribution >= 4 is 11.6 Å². The maximum Gasteiger partial charge on any atom is 0.305 e. The fourth-order valence-electron chi connectivity index (χ4n) is 2.37. The van der Waals surface area contributed by atoms with Crippen molar-refractivity contribution in [3.8, 4) is 0 Å². The molecule has 1 heterocycles. The molecule has 1 amide bonds. The van der Waals surface area contributed by atoms with Crippen LogP contribution in [0.3, 0.4) is 0 Å². The largest absolute Gasteiger partial charge is 0.396 e. The smallest absolute Gasteiger partial charge is 0.305 e. The lowest BCUT2D eigenvalue weighted by Crippen LogP contribution is -2.40. The number of piperidine rings is 1. The number of hydrogen-bond donors (Lipinski definition) is 1. The molecule has 6 nitrogen and oxygen atoms in total. The van der Waals surface area contributed by atoms with Gasteiger partial charge in [0.05, 0.1) is 4.92 Å². The molecule has 1 saturated heterocycles. The second-order valence-electron chi connectivity index (χ2n) is 4.87. The van der Waals surface area contributed by atoms with Crippen LogP contribution in [0.25, 0.3) is 0 Å². The lowest BCUT2D eigenvalue weighted by molar-refractivity contribution is -0.387. The van der Waals surface area contributed by atoms with Gasteiger partial charge in [-0.25, -0.2) is 0 Å². The van der Waals surface area contributed by atoms with Crippen LogP contribution < -0.4 is 0 Å². The molecule has 20 heavy (non-hydrogen) atoms. The van der Waals surface area contributed by atoms with Crippen LogP contribution in [0.15, 0.2) is 18.2 Å². The second kappa shape index (κ2) is 5.96. The summed E-state index contributed by atoms with van der Waals surface area (Å²) in [5.41, 5.74) is -0.608. The number of carbonyl (C=O) groups is 1. The number of carbonyl (C=O) groups excluding carboxylic acids is 1. The molecule has 0 aromatic heterocycles. The first kappa shape index (κ1) is 14.4. The first-order valence-electron chi connectivity index (χ1n) is 6.37. The molecule has 0 saturated carbocycles. The summed E-state index contributed by atoms with van der Waals surface area (Å²) in [5, 5.41) is 19.8. The third kappa shape index (κ3) is 2.93. The highest BCUT2D eigenvalue weighted by Crippen LogP contribution is 2.22. The Labute approximate surface area is 115 Å². The van der Waals surface area contributed by atoms with Gasteiger partial charge in [0.1, 0.15) is 0 Å². The SMILES string of the molecule is O=C(c1ccc(F)c([N+](=O)[O-])c1)N1CCCC(CO)C1. The Morgan fingerprint density at radius 3 is 2.95 bits per heavy atom. The zero-order chi connectivity index (χ0) is 14.7. The van der Waals surface area contributed by atoms with Gasteiger partial charge in [-0.15, -0.1) is 0 Å². The Balaban J connectivity index is 2.20. The molecule has 2 rings (SSSR count). The lowest BCUT2D eigenvalue weighted by atomic mass is 9.98. The topological polar surface area (TPSA) is 83.7 Å². The number of aliphatic hydroxyl groups excluding tert-OH is 1. The maximum atomic E-state index is 13.2. The van der Waals surface area contributed by atoms with Gasteiger partial charge in [0.25, 0.3) is 5.91 Å². The van der Waals surface area contributed by atoms with E-state index in [1.165, 1.54) is 6.07 Å². The minimum Gasteiger partial charge on any atom is -0.396 e. The van der Waals surface area contributed by atoms with Gasteiger partial charge in [0.2, 0.25) is 5.82 Å². The molecule has 1 N–H and O–H groups in total. The van der Waals surface area contributed by atoms with Crippen LogP contribution in [0.2, 0.25) is 0 Å². The van der Waals surface area contributed by atoms with Gasteiger partial charge in [0, 0.05) is 31.3 Å². The number of likely N-dealkylation sites (tertiary alicyclic amines) is 1. The molecule has 0 aliphatic carbocycles. The van der Waals surface area contributed by atoms with Crippen molar-refractivity contribution in [1.29, 1.82) is 0 Å². The summed E-state index contributed by atoms with van der Waals surface area (Å²) in [4.78, 5) is 23.6. The van der Waals surface area contributed by atoms with E-state index in [-0.39, 0.29) is 24.0 Å². The molecule has 1 atom stereocenters. The number of nitro benzene ring substituents is 1. The van der Waals surface area contributed by atoms with Gasteiger partial charge in [-0.3, -0.25) is 14.9 Å². The third-order valence-electron chi connectivity index (χ3n) is 3.45. The van der Waals surface area contributed by atoms with Gasteiger partial charge >= 0.3 is 5.69 Å². The molecular weight excluding hydrogens is 267 g/mol. The van der Waals surface area contributed by atoms with Gasteiger partial charge < -0.3 is 10.0 Å². The first-order chi connectivity index (χ1) is 9.52. The first-order valence-corrected chi connectivity index (χ1v) is 6.37. The molecular formula is C13H15FN2O4. The van der Waals surface area contributed by atoms with Gasteiger partial charge in [-0.2, -0.15) is 4.39 Å². The molecule has 0 bridgehead atoms. The summed E-state index contributed by atoms with van der Waals surface area (Å²) in [6.07, 6.45) is 1.63.